The first-order valence-electron chi connectivity index (χ1n) is 3.10. The van der Waals surface area contributed by atoms with Crippen molar-refractivity contribution in [3.05, 3.63) is 26.0 Å². The second kappa shape index (κ2) is 4.15. The highest BCUT2D eigenvalue weighted by molar-refractivity contribution is 14.1. The maximum absolute atomic E-state index is 12.3. The van der Waals surface area contributed by atoms with E-state index in [2.05, 4.69) is 4.98 Å². The third-order valence-corrected chi connectivity index (χ3v) is 2.79. The van der Waals surface area contributed by atoms with Gasteiger partial charge in [-0.05, 0) is 22.6 Å². The molecular weight excluding hydrogens is 312 g/mol. The Hall–Kier alpha value is -0.480. The lowest BCUT2D eigenvalue weighted by Crippen LogP contribution is -1.96. The van der Waals surface area contributed by atoms with Gasteiger partial charge in [0.2, 0.25) is 0 Å². The molecule has 0 radical (unpaired) electrons. The van der Waals surface area contributed by atoms with Gasteiger partial charge in [-0.3, -0.25) is 0 Å². The predicted molar refractivity (Wildman–Crippen MR) is 51.6 cm³/mol. The minimum atomic E-state index is -2.64. The van der Waals surface area contributed by atoms with E-state index in [0.717, 1.165) is 6.20 Å². The largest absolute Gasteiger partial charge is 0.266 e. The lowest BCUT2D eigenvalue weighted by atomic mass is 10.2. The Bertz CT molecular complexity index is 375. The zero-order chi connectivity index (χ0) is 10.0. The van der Waals surface area contributed by atoms with Crippen molar-refractivity contribution in [2.75, 3.05) is 0 Å². The van der Waals surface area contributed by atoms with Gasteiger partial charge in [-0.2, -0.15) is 5.26 Å². The van der Waals surface area contributed by atoms with Crippen LogP contribution in [0.5, 0.6) is 0 Å². The summed E-state index contributed by atoms with van der Waals surface area (Å²) in [6, 6.07) is 1.72. The molecule has 0 aromatic carbocycles. The molecule has 1 rings (SSSR count). The van der Waals surface area contributed by atoms with E-state index in [9.17, 15) is 8.78 Å². The second-order valence-corrected chi connectivity index (χ2v) is 3.54. The molecule has 0 unspecified atom stereocenters. The first-order valence-corrected chi connectivity index (χ1v) is 4.55. The highest BCUT2D eigenvalue weighted by Crippen LogP contribution is 2.28. The van der Waals surface area contributed by atoms with E-state index in [1.807, 2.05) is 0 Å². The molecule has 6 heteroatoms. The molecule has 0 aliphatic carbocycles. The van der Waals surface area contributed by atoms with Crippen LogP contribution < -0.4 is 0 Å². The number of alkyl halides is 2. The lowest BCUT2D eigenvalue weighted by molar-refractivity contribution is 0.150. The molecule has 0 amide bonds. The molecule has 2 nitrogen and oxygen atoms in total. The van der Waals surface area contributed by atoms with Crippen LogP contribution in [0.2, 0.25) is 5.15 Å². The molecule has 1 aromatic heterocycles. The molecule has 0 saturated carbocycles. The quantitative estimate of drug-likeness (QED) is 0.590. The Labute approximate surface area is 91.7 Å². The lowest BCUT2D eigenvalue weighted by Gasteiger charge is -2.04. The highest BCUT2D eigenvalue weighted by Gasteiger charge is 2.17. The van der Waals surface area contributed by atoms with E-state index in [0.29, 0.717) is 0 Å². The van der Waals surface area contributed by atoms with E-state index in [4.69, 9.17) is 16.9 Å². The Balaban J connectivity index is 3.38. The predicted octanol–water partition coefficient (Wildman–Crippen LogP) is 3.15. The third-order valence-electron chi connectivity index (χ3n) is 1.34. The molecular formula is C7H2ClF2IN2. The smallest absolute Gasteiger partial charge is 0.243 e. The normalized spacial score (nSPS) is 10.2. The Morgan fingerprint density at radius 2 is 2.23 bits per heavy atom. The molecule has 0 atom stereocenters. The van der Waals surface area contributed by atoms with E-state index in [-0.39, 0.29) is 19.9 Å². The van der Waals surface area contributed by atoms with Crippen molar-refractivity contribution in [3.63, 3.8) is 0 Å². The molecule has 0 aliphatic rings. The van der Waals surface area contributed by atoms with Gasteiger partial charge in [0.05, 0.1) is 5.56 Å². The van der Waals surface area contributed by atoms with Crippen molar-refractivity contribution in [3.8, 4) is 6.07 Å². The van der Waals surface area contributed by atoms with E-state index < -0.39 is 6.43 Å². The second-order valence-electron chi connectivity index (χ2n) is 2.11. The van der Waals surface area contributed by atoms with Crippen LogP contribution in [0, 0.1) is 14.9 Å². The van der Waals surface area contributed by atoms with Crippen LogP contribution in [-0.4, -0.2) is 4.98 Å². The average Bonchev–Trinajstić information content (AvgIpc) is 2.04. The number of hydrogen-bond donors (Lipinski definition) is 0. The van der Waals surface area contributed by atoms with Gasteiger partial charge < -0.3 is 0 Å². The molecule has 68 valence electrons. The molecule has 0 bridgehead atoms. The van der Waals surface area contributed by atoms with Crippen LogP contribution >= 0.6 is 34.2 Å². The van der Waals surface area contributed by atoms with Crippen molar-refractivity contribution in [2.24, 2.45) is 0 Å². The summed E-state index contributed by atoms with van der Waals surface area (Å²) in [5.41, 5.74) is -0.262. The van der Waals surface area contributed by atoms with Gasteiger partial charge in [0.15, 0.2) is 0 Å². The van der Waals surface area contributed by atoms with Crippen molar-refractivity contribution in [1.82, 2.24) is 4.98 Å². The molecule has 0 N–H and O–H groups in total. The Kier molecular flexibility index (Phi) is 3.39. The zero-order valence-electron chi connectivity index (χ0n) is 6.06. The summed E-state index contributed by atoms with van der Waals surface area (Å²) in [4.78, 5) is 3.49. The van der Waals surface area contributed by atoms with E-state index in [1.54, 1.807) is 28.7 Å². The molecule has 1 heterocycles. The van der Waals surface area contributed by atoms with Gasteiger partial charge in [-0.15, -0.1) is 0 Å². The standard InChI is InChI=1S/C7H2ClF2IN2/c8-6-3(1-12)5(11)4(2-13-6)7(9)10/h2,7H. The van der Waals surface area contributed by atoms with Crippen LogP contribution in [-0.2, 0) is 0 Å². The van der Waals surface area contributed by atoms with Gasteiger partial charge in [-0.1, -0.05) is 11.6 Å². The fourth-order valence-electron chi connectivity index (χ4n) is 0.730. The topological polar surface area (TPSA) is 36.7 Å². The number of halogens is 4. The summed E-state index contributed by atoms with van der Waals surface area (Å²) in [5, 5.41) is 8.54. The van der Waals surface area contributed by atoms with Crippen LogP contribution in [0.1, 0.15) is 17.6 Å². The summed E-state index contributed by atoms with van der Waals surface area (Å²) >= 11 is 7.18. The fourth-order valence-corrected chi connectivity index (χ4v) is 1.83. The van der Waals surface area contributed by atoms with Gasteiger partial charge in [0.25, 0.3) is 6.43 Å². The number of nitrogens with zero attached hydrogens (tertiary/aromatic N) is 2. The summed E-state index contributed by atoms with van der Waals surface area (Å²) < 4.78 is 24.7. The van der Waals surface area contributed by atoms with Gasteiger partial charge in [-0.25, -0.2) is 13.8 Å². The van der Waals surface area contributed by atoms with Crippen LogP contribution in [0.15, 0.2) is 6.20 Å². The number of hydrogen-bond acceptors (Lipinski definition) is 2. The van der Waals surface area contributed by atoms with Crippen molar-refractivity contribution < 1.29 is 8.78 Å². The van der Waals surface area contributed by atoms with E-state index in [1.165, 1.54) is 0 Å². The van der Waals surface area contributed by atoms with Crippen LogP contribution in [0.3, 0.4) is 0 Å². The molecule has 0 saturated heterocycles. The highest BCUT2D eigenvalue weighted by atomic mass is 127. The number of aromatic nitrogens is 1. The van der Waals surface area contributed by atoms with Gasteiger partial charge in [0, 0.05) is 9.77 Å². The van der Waals surface area contributed by atoms with E-state index >= 15 is 0 Å². The SMILES string of the molecule is N#Cc1c(Cl)ncc(C(F)F)c1I. The fraction of sp³-hybridized carbons (Fsp3) is 0.143. The minimum absolute atomic E-state index is 0.0000617. The summed E-state index contributed by atoms with van der Waals surface area (Å²) in [6.07, 6.45) is -1.65. The Morgan fingerprint density at radius 3 is 2.69 bits per heavy atom. The molecule has 0 spiro atoms. The zero-order valence-corrected chi connectivity index (χ0v) is 8.97. The maximum Gasteiger partial charge on any atom is 0.266 e. The third kappa shape index (κ3) is 2.06. The summed E-state index contributed by atoms with van der Waals surface area (Å²) in [6.45, 7) is 0. The molecule has 0 aliphatic heterocycles. The van der Waals surface area contributed by atoms with Crippen molar-refractivity contribution >= 4 is 34.2 Å². The average molecular weight is 314 g/mol. The monoisotopic (exact) mass is 314 g/mol. The number of nitriles is 1. The van der Waals surface area contributed by atoms with Crippen molar-refractivity contribution in [2.45, 2.75) is 6.43 Å². The Morgan fingerprint density at radius 1 is 1.62 bits per heavy atom. The van der Waals surface area contributed by atoms with Gasteiger partial charge >= 0.3 is 0 Å². The summed E-state index contributed by atoms with van der Waals surface area (Å²) in [5.74, 6) is 0. The number of pyridine rings is 1. The number of rotatable bonds is 1. The summed E-state index contributed by atoms with van der Waals surface area (Å²) in [7, 11) is 0. The first kappa shape index (κ1) is 10.6. The first-order chi connectivity index (χ1) is 6.07. The molecule has 0 fully saturated rings. The van der Waals surface area contributed by atoms with Crippen LogP contribution in [0.25, 0.3) is 0 Å². The van der Waals surface area contributed by atoms with Gasteiger partial charge in [0.1, 0.15) is 16.8 Å². The minimum Gasteiger partial charge on any atom is -0.243 e. The van der Waals surface area contributed by atoms with Crippen LogP contribution in [0.4, 0.5) is 8.78 Å². The van der Waals surface area contributed by atoms with Crippen molar-refractivity contribution in [1.29, 1.82) is 5.26 Å². The molecule has 13 heavy (non-hydrogen) atoms. The molecule has 1 aromatic rings. The maximum atomic E-state index is 12.3.